The van der Waals surface area contributed by atoms with E-state index in [4.69, 9.17) is 16.0 Å². The highest BCUT2D eigenvalue weighted by molar-refractivity contribution is 7.85. The van der Waals surface area contributed by atoms with Gasteiger partial charge in [0.25, 0.3) is 10.1 Å². The van der Waals surface area contributed by atoms with Crippen LogP contribution in [0, 0.1) is 17.8 Å². The summed E-state index contributed by atoms with van der Waals surface area (Å²) in [5.74, 6) is 0. The Morgan fingerprint density at radius 3 is 2.09 bits per heavy atom. The maximum absolute atomic E-state index is 10.5. The molecule has 2 rings (SSSR count). The van der Waals surface area contributed by atoms with Crippen molar-refractivity contribution in [2.75, 3.05) is 6.54 Å². The SMILES string of the molecule is CC1(C)CC(N)CC(C)(CN)C1.Cc1ccc(S(=O)(=O)O)cc1. The Bertz CT molecular complexity index is 611. The van der Waals surface area contributed by atoms with E-state index in [2.05, 4.69) is 20.8 Å². The summed E-state index contributed by atoms with van der Waals surface area (Å²) in [6.07, 6.45) is 3.44. The van der Waals surface area contributed by atoms with Gasteiger partial charge in [0.15, 0.2) is 0 Å². The molecule has 5 nitrogen and oxygen atoms in total. The first-order chi connectivity index (χ1) is 10.4. The van der Waals surface area contributed by atoms with Crippen molar-refractivity contribution in [3.05, 3.63) is 29.8 Å². The van der Waals surface area contributed by atoms with Crippen LogP contribution in [0.4, 0.5) is 0 Å². The summed E-state index contributed by atoms with van der Waals surface area (Å²) in [4.78, 5) is -0.0666. The van der Waals surface area contributed by atoms with Crippen molar-refractivity contribution in [1.29, 1.82) is 0 Å². The van der Waals surface area contributed by atoms with Crippen molar-refractivity contribution < 1.29 is 13.0 Å². The predicted molar refractivity (Wildman–Crippen MR) is 93.8 cm³/mol. The molecule has 23 heavy (non-hydrogen) atoms. The number of benzene rings is 1. The van der Waals surface area contributed by atoms with Gasteiger partial charge in [-0.3, -0.25) is 4.55 Å². The number of hydrogen-bond acceptors (Lipinski definition) is 4. The van der Waals surface area contributed by atoms with E-state index >= 15 is 0 Å². The van der Waals surface area contributed by atoms with E-state index < -0.39 is 10.1 Å². The van der Waals surface area contributed by atoms with Crippen LogP contribution in [0.2, 0.25) is 0 Å². The van der Waals surface area contributed by atoms with E-state index in [1.807, 2.05) is 6.92 Å². The zero-order valence-electron chi connectivity index (χ0n) is 14.5. The summed E-state index contributed by atoms with van der Waals surface area (Å²) >= 11 is 0. The van der Waals surface area contributed by atoms with Gasteiger partial charge in [-0.25, -0.2) is 0 Å². The second kappa shape index (κ2) is 7.30. The average Bonchev–Trinajstić information content (AvgIpc) is 2.36. The Hall–Kier alpha value is -0.950. The molecule has 6 heteroatoms. The Labute approximate surface area is 140 Å². The lowest BCUT2D eigenvalue weighted by Gasteiger charge is -2.45. The van der Waals surface area contributed by atoms with Crippen molar-refractivity contribution in [2.45, 2.75) is 57.9 Å². The van der Waals surface area contributed by atoms with Crippen LogP contribution in [0.25, 0.3) is 0 Å². The van der Waals surface area contributed by atoms with Gasteiger partial charge in [0.05, 0.1) is 4.90 Å². The van der Waals surface area contributed by atoms with Crippen LogP contribution >= 0.6 is 0 Å². The summed E-state index contributed by atoms with van der Waals surface area (Å²) in [6.45, 7) is 9.45. The molecule has 1 fully saturated rings. The fourth-order valence-electron chi connectivity index (χ4n) is 3.58. The molecule has 1 aliphatic rings. The third-order valence-electron chi connectivity index (χ3n) is 4.29. The Morgan fingerprint density at radius 1 is 1.17 bits per heavy atom. The quantitative estimate of drug-likeness (QED) is 0.716. The zero-order valence-corrected chi connectivity index (χ0v) is 15.4. The molecule has 0 aromatic heterocycles. The number of nitrogens with two attached hydrogens (primary N) is 2. The standard InChI is InChI=1S/C10H22N2.C7H8O3S/c1-9(2)4-8(12)5-10(3,6-9)7-11;1-6-2-4-7(5-3-6)11(8,9)10/h8H,4-7,11-12H2,1-3H3;2-5H,1H3,(H,8,9,10). The molecule has 1 saturated carbocycles. The largest absolute Gasteiger partial charge is 0.330 e. The van der Waals surface area contributed by atoms with Crippen LogP contribution in [0.1, 0.15) is 45.6 Å². The van der Waals surface area contributed by atoms with Crippen molar-refractivity contribution >= 4 is 10.1 Å². The number of aryl methyl sites for hydroxylation is 1. The molecule has 5 N–H and O–H groups in total. The summed E-state index contributed by atoms with van der Waals surface area (Å²) in [6, 6.07) is 6.34. The maximum atomic E-state index is 10.5. The highest BCUT2D eigenvalue weighted by Gasteiger charge is 2.38. The minimum atomic E-state index is -4.02. The second-order valence-electron chi connectivity index (χ2n) is 7.81. The first-order valence-electron chi connectivity index (χ1n) is 7.87. The number of hydrogen-bond donors (Lipinski definition) is 3. The molecule has 0 aliphatic heterocycles. The topological polar surface area (TPSA) is 106 Å². The van der Waals surface area contributed by atoms with Gasteiger partial charge < -0.3 is 11.5 Å². The van der Waals surface area contributed by atoms with Crippen molar-refractivity contribution in [3.63, 3.8) is 0 Å². The van der Waals surface area contributed by atoms with Crippen molar-refractivity contribution in [2.24, 2.45) is 22.3 Å². The van der Waals surface area contributed by atoms with Gasteiger partial charge in [0.2, 0.25) is 0 Å². The predicted octanol–water partition coefficient (Wildman–Crippen LogP) is 2.73. The molecule has 132 valence electrons. The van der Waals surface area contributed by atoms with E-state index in [-0.39, 0.29) is 10.3 Å². The number of rotatable bonds is 2. The van der Waals surface area contributed by atoms with Crippen LogP contribution < -0.4 is 11.5 Å². The minimum absolute atomic E-state index is 0.0666. The molecule has 0 amide bonds. The van der Waals surface area contributed by atoms with Gasteiger partial charge in [0, 0.05) is 6.04 Å². The smallest absolute Gasteiger partial charge is 0.294 e. The summed E-state index contributed by atoms with van der Waals surface area (Å²) < 4.78 is 29.6. The normalized spacial score (nSPS) is 27.0. The highest BCUT2D eigenvalue weighted by atomic mass is 32.2. The zero-order chi connectivity index (χ0) is 17.9. The van der Waals surface area contributed by atoms with Crippen LogP contribution in [0.15, 0.2) is 29.2 Å². The lowest BCUT2D eigenvalue weighted by Crippen LogP contribution is -2.45. The fourth-order valence-corrected chi connectivity index (χ4v) is 4.06. The molecule has 0 saturated heterocycles. The minimum Gasteiger partial charge on any atom is -0.330 e. The third kappa shape index (κ3) is 6.59. The Morgan fingerprint density at radius 2 is 1.70 bits per heavy atom. The maximum Gasteiger partial charge on any atom is 0.294 e. The molecule has 0 bridgehead atoms. The van der Waals surface area contributed by atoms with Crippen LogP contribution in [0.5, 0.6) is 0 Å². The molecule has 1 aliphatic carbocycles. The first kappa shape index (κ1) is 20.1. The molecule has 2 unspecified atom stereocenters. The van der Waals surface area contributed by atoms with Gasteiger partial charge in [-0.1, -0.05) is 38.5 Å². The lowest BCUT2D eigenvalue weighted by atomic mass is 9.63. The van der Waals surface area contributed by atoms with E-state index in [1.54, 1.807) is 12.1 Å². The second-order valence-corrected chi connectivity index (χ2v) is 9.23. The van der Waals surface area contributed by atoms with Gasteiger partial charge in [-0.15, -0.1) is 0 Å². The van der Waals surface area contributed by atoms with E-state index in [0.717, 1.165) is 24.9 Å². The molecular weight excluding hydrogens is 312 g/mol. The molecule has 2 atom stereocenters. The van der Waals surface area contributed by atoms with Gasteiger partial charge in [-0.2, -0.15) is 8.42 Å². The van der Waals surface area contributed by atoms with Crippen LogP contribution in [-0.4, -0.2) is 25.6 Å². The van der Waals surface area contributed by atoms with Gasteiger partial charge >= 0.3 is 0 Å². The average molecular weight is 343 g/mol. The highest BCUT2D eigenvalue weighted by Crippen LogP contribution is 2.44. The van der Waals surface area contributed by atoms with Crippen molar-refractivity contribution in [3.8, 4) is 0 Å². The fraction of sp³-hybridized carbons (Fsp3) is 0.647. The molecule has 0 spiro atoms. The molecule has 0 radical (unpaired) electrons. The van der Waals surface area contributed by atoms with E-state index in [1.165, 1.54) is 18.6 Å². The van der Waals surface area contributed by atoms with Crippen molar-refractivity contribution in [1.82, 2.24) is 0 Å². The monoisotopic (exact) mass is 342 g/mol. The summed E-state index contributed by atoms with van der Waals surface area (Å²) in [5, 5.41) is 0. The van der Waals surface area contributed by atoms with E-state index in [0.29, 0.717) is 11.5 Å². The van der Waals surface area contributed by atoms with Gasteiger partial charge in [-0.05, 0) is 55.7 Å². The van der Waals surface area contributed by atoms with Gasteiger partial charge in [0.1, 0.15) is 0 Å². The Balaban J connectivity index is 0.000000231. The molecule has 1 aromatic rings. The Kier molecular flexibility index (Phi) is 6.38. The molecule has 1 aromatic carbocycles. The van der Waals surface area contributed by atoms with Crippen LogP contribution in [0.3, 0.4) is 0 Å². The first-order valence-corrected chi connectivity index (χ1v) is 9.31. The molecule has 0 heterocycles. The summed E-state index contributed by atoms with van der Waals surface area (Å²) in [7, 11) is -4.02. The lowest BCUT2D eigenvalue weighted by molar-refractivity contribution is 0.0904. The third-order valence-corrected chi connectivity index (χ3v) is 5.15. The van der Waals surface area contributed by atoms with Crippen LogP contribution in [-0.2, 0) is 10.1 Å². The summed E-state index contributed by atoms with van der Waals surface area (Å²) in [5.41, 5.74) is 13.4. The van der Waals surface area contributed by atoms with E-state index in [9.17, 15) is 8.42 Å². The molecular formula is C17H30N2O3S.